The summed E-state index contributed by atoms with van der Waals surface area (Å²) in [5.74, 6) is 3.23. The van der Waals surface area contributed by atoms with E-state index in [4.69, 9.17) is 0 Å². The molecule has 2 aromatic heterocycles. The summed E-state index contributed by atoms with van der Waals surface area (Å²) < 4.78 is 1.65. The summed E-state index contributed by atoms with van der Waals surface area (Å²) in [7, 11) is 0. The smallest absolute Gasteiger partial charge is 0.267 e. The minimum atomic E-state index is 0.0245. The molecule has 6 nitrogen and oxygen atoms in total. The van der Waals surface area contributed by atoms with Crippen molar-refractivity contribution in [3.8, 4) is 0 Å². The number of hydrogen-bond donors (Lipinski definition) is 0. The van der Waals surface area contributed by atoms with Crippen molar-refractivity contribution in [2.75, 3.05) is 23.7 Å². The molecule has 23 heavy (non-hydrogen) atoms. The van der Waals surface area contributed by atoms with E-state index in [2.05, 4.69) is 20.0 Å². The van der Waals surface area contributed by atoms with E-state index in [1.807, 2.05) is 24.8 Å². The zero-order valence-corrected chi connectivity index (χ0v) is 13.9. The third-order valence-electron chi connectivity index (χ3n) is 4.36. The minimum Gasteiger partial charge on any atom is -0.340 e. The molecule has 1 fully saturated rings. The molecule has 2 aromatic rings. The van der Waals surface area contributed by atoms with Crippen molar-refractivity contribution >= 4 is 17.7 Å². The highest BCUT2D eigenvalue weighted by Gasteiger charge is 2.29. The molecule has 0 unspecified atom stereocenters. The van der Waals surface area contributed by atoms with Crippen molar-refractivity contribution in [3.63, 3.8) is 0 Å². The Labute approximate surface area is 138 Å². The van der Waals surface area contributed by atoms with Crippen LogP contribution in [0.25, 0.3) is 0 Å². The Bertz CT molecular complexity index is 784. The van der Waals surface area contributed by atoms with Crippen molar-refractivity contribution in [3.05, 3.63) is 45.6 Å². The number of thioether (sulfide) groups is 1. The highest BCUT2D eigenvalue weighted by Crippen LogP contribution is 2.23. The Hall–Kier alpha value is -1.89. The molecule has 0 N–H and O–H groups in total. The lowest BCUT2D eigenvalue weighted by molar-refractivity contribution is 0.329. The van der Waals surface area contributed by atoms with E-state index >= 15 is 0 Å². The van der Waals surface area contributed by atoms with Crippen LogP contribution in [0.1, 0.15) is 17.0 Å². The number of aryl methyl sites for hydroxylation is 2. The predicted octanol–water partition coefficient (Wildman–Crippen LogP) is 1.27. The second kappa shape index (κ2) is 5.96. The average molecular weight is 329 g/mol. The summed E-state index contributed by atoms with van der Waals surface area (Å²) in [5, 5.41) is 4.59. The molecular weight excluding hydrogens is 310 g/mol. The third-order valence-corrected chi connectivity index (χ3v) is 5.37. The molecule has 2 aliphatic rings. The van der Waals surface area contributed by atoms with E-state index in [0.717, 1.165) is 53.9 Å². The summed E-state index contributed by atoms with van der Waals surface area (Å²) in [6.45, 7) is 4.41. The molecule has 7 heteroatoms. The average Bonchev–Trinajstić information content (AvgIpc) is 2.50. The largest absolute Gasteiger partial charge is 0.340 e. The molecular formula is C16H19N5OS. The monoisotopic (exact) mass is 329 g/mol. The molecule has 120 valence electrons. The molecule has 0 bridgehead atoms. The second-order valence-corrected chi connectivity index (χ2v) is 7.31. The third kappa shape index (κ3) is 2.97. The predicted molar refractivity (Wildman–Crippen MR) is 90.8 cm³/mol. The van der Waals surface area contributed by atoms with Crippen LogP contribution in [0.4, 0.5) is 5.95 Å². The lowest BCUT2D eigenvalue weighted by atomic mass is 10.0. The molecule has 4 heterocycles. The van der Waals surface area contributed by atoms with E-state index in [1.54, 1.807) is 16.9 Å². The fourth-order valence-corrected chi connectivity index (χ4v) is 4.02. The van der Waals surface area contributed by atoms with Crippen LogP contribution in [0.3, 0.4) is 0 Å². The van der Waals surface area contributed by atoms with Crippen molar-refractivity contribution in [1.82, 2.24) is 19.7 Å². The summed E-state index contributed by atoms with van der Waals surface area (Å²) in [6.07, 6.45) is 2.76. The molecule has 2 aliphatic heterocycles. The molecule has 0 atom stereocenters. The molecule has 1 saturated heterocycles. The number of anilines is 1. The SMILES string of the molecule is Cc1ccnc(N2CC(Cn3nc4c(cc3=O)CSCC4)C2)n1. The lowest BCUT2D eigenvalue weighted by Crippen LogP contribution is -2.50. The highest BCUT2D eigenvalue weighted by molar-refractivity contribution is 7.98. The number of aromatic nitrogens is 4. The van der Waals surface area contributed by atoms with Crippen molar-refractivity contribution in [1.29, 1.82) is 0 Å². The highest BCUT2D eigenvalue weighted by atomic mass is 32.2. The molecule has 0 radical (unpaired) electrons. The number of rotatable bonds is 3. The first kappa shape index (κ1) is 14.7. The quantitative estimate of drug-likeness (QED) is 0.845. The fourth-order valence-electron chi connectivity index (χ4n) is 3.06. The molecule has 0 spiro atoms. The van der Waals surface area contributed by atoms with Gasteiger partial charge in [0.05, 0.1) is 12.2 Å². The normalized spacial score (nSPS) is 17.7. The van der Waals surface area contributed by atoms with Gasteiger partial charge >= 0.3 is 0 Å². The summed E-state index contributed by atoms with van der Waals surface area (Å²) in [5.41, 5.74) is 3.22. The van der Waals surface area contributed by atoms with Gasteiger partial charge < -0.3 is 4.90 Å². The first-order chi connectivity index (χ1) is 11.2. The van der Waals surface area contributed by atoms with E-state index in [-0.39, 0.29) is 5.56 Å². The summed E-state index contributed by atoms with van der Waals surface area (Å²) in [6, 6.07) is 3.67. The Kier molecular flexibility index (Phi) is 3.80. The van der Waals surface area contributed by atoms with Crippen LogP contribution < -0.4 is 10.5 Å². The zero-order valence-electron chi connectivity index (χ0n) is 13.1. The number of hydrogen-bond acceptors (Lipinski definition) is 6. The van der Waals surface area contributed by atoms with E-state index in [1.165, 1.54) is 0 Å². The first-order valence-corrected chi connectivity index (χ1v) is 9.07. The van der Waals surface area contributed by atoms with Gasteiger partial charge in [0, 0.05) is 49.1 Å². The minimum absolute atomic E-state index is 0.0245. The molecule has 0 aromatic carbocycles. The van der Waals surface area contributed by atoms with Crippen LogP contribution in [-0.4, -0.2) is 38.6 Å². The Balaban J connectivity index is 1.43. The van der Waals surface area contributed by atoms with Crippen LogP contribution >= 0.6 is 11.8 Å². The van der Waals surface area contributed by atoms with Gasteiger partial charge in [-0.25, -0.2) is 14.6 Å². The standard InChI is InChI=1S/C16H19N5OS/c1-11-2-4-17-16(18-11)20-7-12(8-20)9-21-15(22)6-13-10-23-5-3-14(13)19-21/h2,4,6,12H,3,5,7-10H2,1H3. The van der Waals surface area contributed by atoms with Crippen LogP contribution in [0.2, 0.25) is 0 Å². The van der Waals surface area contributed by atoms with E-state index in [9.17, 15) is 4.79 Å². The Morgan fingerprint density at radius 1 is 1.39 bits per heavy atom. The van der Waals surface area contributed by atoms with Gasteiger partial charge in [-0.05, 0) is 24.3 Å². The summed E-state index contributed by atoms with van der Waals surface area (Å²) in [4.78, 5) is 23.1. The molecule has 0 amide bonds. The van der Waals surface area contributed by atoms with Crippen LogP contribution in [0.15, 0.2) is 23.1 Å². The molecule has 0 saturated carbocycles. The van der Waals surface area contributed by atoms with Gasteiger partial charge in [0.1, 0.15) is 0 Å². The van der Waals surface area contributed by atoms with Gasteiger partial charge in [-0.2, -0.15) is 16.9 Å². The maximum Gasteiger partial charge on any atom is 0.267 e. The van der Waals surface area contributed by atoms with Gasteiger partial charge in [-0.1, -0.05) is 0 Å². The van der Waals surface area contributed by atoms with Gasteiger partial charge in [-0.3, -0.25) is 4.79 Å². The summed E-state index contributed by atoms with van der Waals surface area (Å²) >= 11 is 1.87. The number of nitrogens with zero attached hydrogens (tertiary/aromatic N) is 5. The maximum atomic E-state index is 12.2. The Morgan fingerprint density at radius 2 is 2.26 bits per heavy atom. The van der Waals surface area contributed by atoms with Gasteiger partial charge in [-0.15, -0.1) is 0 Å². The van der Waals surface area contributed by atoms with Crippen LogP contribution in [-0.2, 0) is 18.7 Å². The Morgan fingerprint density at radius 3 is 3.09 bits per heavy atom. The van der Waals surface area contributed by atoms with Crippen LogP contribution in [0.5, 0.6) is 0 Å². The maximum absolute atomic E-state index is 12.2. The first-order valence-electron chi connectivity index (χ1n) is 7.91. The zero-order chi connectivity index (χ0) is 15.8. The van der Waals surface area contributed by atoms with Gasteiger partial charge in [0.25, 0.3) is 5.56 Å². The number of fused-ring (bicyclic) bond motifs is 1. The molecule has 0 aliphatic carbocycles. The lowest BCUT2D eigenvalue weighted by Gasteiger charge is -2.39. The van der Waals surface area contributed by atoms with Crippen molar-refractivity contribution in [2.24, 2.45) is 5.92 Å². The van der Waals surface area contributed by atoms with E-state index < -0.39 is 0 Å². The van der Waals surface area contributed by atoms with Gasteiger partial charge in [0.2, 0.25) is 5.95 Å². The van der Waals surface area contributed by atoms with E-state index in [0.29, 0.717) is 12.5 Å². The van der Waals surface area contributed by atoms with Crippen LogP contribution in [0, 0.1) is 12.8 Å². The topological polar surface area (TPSA) is 63.9 Å². The van der Waals surface area contributed by atoms with Crippen molar-refractivity contribution < 1.29 is 0 Å². The second-order valence-electron chi connectivity index (χ2n) is 6.21. The van der Waals surface area contributed by atoms with Crippen molar-refractivity contribution in [2.45, 2.75) is 25.6 Å². The van der Waals surface area contributed by atoms with Gasteiger partial charge in [0.15, 0.2) is 0 Å². The fraction of sp³-hybridized carbons (Fsp3) is 0.500. The molecule has 4 rings (SSSR count).